The lowest BCUT2D eigenvalue weighted by molar-refractivity contribution is 0.775. The Morgan fingerprint density at radius 2 is 2.06 bits per heavy atom. The molecule has 1 radical (unpaired) electrons. The van der Waals surface area contributed by atoms with Gasteiger partial charge >= 0.3 is 0 Å². The third-order valence-electron chi connectivity index (χ3n) is 3.16. The summed E-state index contributed by atoms with van der Waals surface area (Å²) in [4.78, 5) is 4.16. The first kappa shape index (κ1) is 9.59. The van der Waals surface area contributed by atoms with Crippen molar-refractivity contribution < 1.29 is 0 Å². The third kappa shape index (κ3) is 1.73. The maximum absolute atomic E-state index is 4.16. The van der Waals surface area contributed by atoms with Crippen molar-refractivity contribution >= 4 is 0 Å². The maximum Gasteiger partial charge on any atom is 0.0346 e. The zero-order valence-electron chi connectivity index (χ0n) is 9.19. The average molecular weight is 208 g/mol. The van der Waals surface area contributed by atoms with E-state index in [1.165, 1.54) is 41.5 Å². The Bertz CT molecular complexity index is 488. The Morgan fingerprint density at radius 1 is 1.06 bits per heavy atom. The summed E-state index contributed by atoms with van der Waals surface area (Å²) in [5.74, 6) is 0. The Morgan fingerprint density at radius 3 is 2.94 bits per heavy atom. The van der Waals surface area contributed by atoms with Crippen molar-refractivity contribution in [2.24, 2.45) is 0 Å². The summed E-state index contributed by atoms with van der Waals surface area (Å²) in [5.41, 5.74) is 5.36. The summed E-state index contributed by atoms with van der Waals surface area (Å²) in [6, 6.07) is 10.8. The van der Waals surface area contributed by atoms with Gasteiger partial charge in [0.15, 0.2) is 0 Å². The normalized spacial score (nSPS) is 14.5. The lowest BCUT2D eigenvalue weighted by atomic mass is 9.89. The molecule has 0 atom stereocenters. The number of rotatable bonds is 1. The number of pyridine rings is 1. The maximum atomic E-state index is 4.16. The quantitative estimate of drug-likeness (QED) is 0.697. The smallest absolute Gasteiger partial charge is 0.0346 e. The van der Waals surface area contributed by atoms with Crippen LogP contribution in [0.5, 0.6) is 0 Å². The summed E-state index contributed by atoms with van der Waals surface area (Å²) in [7, 11) is 0. The van der Waals surface area contributed by atoms with Crippen molar-refractivity contribution in [2.45, 2.75) is 19.3 Å². The van der Waals surface area contributed by atoms with Crippen LogP contribution in [0.1, 0.15) is 24.0 Å². The van der Waals surface area contributed by atoms with Gasteiger partial charge in [0, 0.05) is 12.4 Å². The van der Waals surface area contributed by atoms with E-state index in [1.54, 1.807) is 0 Å². The second kappa shape index (κ2) is 4.09. The molecule has 0 spiro atoms. The predicted molar refractivity (Wildman–Crippen MR) is 66.0 cm³/mol. The van der Waals surface area contributed by atoms with Crippen molar-refractivity contribution in [3.63, 3.8) is 0 Å². The van der Waals surface area contributed by atoms with Crippen LogP contribution in [0.25, 0.3) is 11.1 Å². The first-order valence-electron chi connectivity index (χ1n) is 5.80. The summed E-state index contributed by atoms with van der Waals surface area (Å²) in [5, 5.41) is 0. The molecule has 1 aliphatic rings. The van der Waals surface area contributed by atoms with Crippen LogP contribution < -0.4 is 0 Å². The molecule has 0 amide bonds. The average Bonchev–Trinajstić information content (AvgIpc) is 2.39. The van der Waals surface area contributed by atoms with Crippen molar-refractivity contribution in [3.05, 3.63) is 60.3 Å². The molecule has 3 rings (SSSR count). The van der Waals surface area contributed by atoms with Gasteiger partial charge in [-0.2, -0.15) is 0 Å². The SMILES string of the molecule is [CH]1CCCc2ccc(-c3cccnc3)cc21. The van der Waals surface area contributed by atoms with E-state index in [4.69, 9.17) is 0 Å². The van der Waals surface area contributed by atoms with Crippen molar-refractivity contribution in [1.29, 1.82) is 0 Å². The lowest BCUT2D eigenvalue weighted by Gasteiger charge is -2.16. The van der Waals surface area contributed by atoms with Crippen molar-refractivity contribution in [3.8, 4) is 11.1 Å². The van der Waals surface area contributed by atoms with Gasteiger partial charge in [0.1, 0.15) is 0 Å². The molecule has 1 aromatic carbocycles. The van der Waals surface area contributed by atoms with E-state index < -0.39 is 0 Å². The highest BCUT2D eigenvalue weighted by atomic mass is 14.6. The molecule has 0 fully saturated rings. The molecule has 0 N–H and O–H groups in total. The Kier molecular flexibility index (Phi) is 2.45. The predicted octanol–water partition coefficient (Wildman–Crippen LogP) is 3.64. The minimum Gasteiger partial charge on any atom is -0.264 e. The van der Waals surface area contributed by atoms with Crippen molar-refractivity contribution in [1.82, 2.24) is 4.98 Å². The molecule has 1 aromatic heterocycles. The molecule has 79 valence electrons. The number of aromatic nitrogens is 1. The van der Waals surface area contributed by atoms with Gasteiger partial charge < -0.3 is 0 Å². The van der Waals surface area contributed by atoms with Crippen LogP contribution in [0.2, 0.25) is 0 Å². The van der Waals surface area contributed by atoms with E-state index in [0.29, 0.717) is 0 Å². The van der Waals surface area contributed by atoms with Crippen LogP contribution in [0.4, 0.5) is 0 Å². The summed E-state index contributed by atoms with van der Waals surface area (Å²) >= 11 is 0. The molecule has 1 aliphatic carbocycles. The number of hydrogen-bond donors (Lipinski definition) is 0. The molecule has 0 unspecified atom stereocenters. The van der Waals surface area contributed by atoms with E-state index >= 15 is 0 Å². The van der Waals surface area contributed by atoms with E-state index in [0.717, 1.165) is 0 Å². The molecule has 0 aliphatic heterocycles. The van der Waals surface area contributed by atoms with E-state index in [9.17, 15) is 0 Å². The zero-order chi connectivity index (χ0) is 10.8. The number of nitrogens with zero attached hydrogens (tertiary/aromatic N) is 1. The lowest BCUT2D eigenvalue weighted by Crippen LogP contribution is -2.00. The summed E-state index contributed by atoms with van der Waals surface area (Å²) in [6.45, 7) is 0. The Hall–Kier alpha value is -1.63. The summed E-state index contributed by atoms with van der Waals surface area (Å²) < 4.78 is 0. The molecular formula is C15H14N. The van der Waals surface area contributed by atoms with Crippen LogP contribution in [-0.2, 0) is 6.42 Å². The standard InChI is InChI=1S/C15H14N/c1-2-5-13-10-14(8-7-12(13)4-1)15-6-3-9-16-11-15/h3,5-11H,1-2,4H2. The van der Waals surface area contributed by atoms with Crippen molar-refractivity contribution in [2.75, 3.05) is 0 Å². The van der Waals surface area contributed by atoms with E-state index in [1.807, 2.05) is 18.5 Å². The van der Waals surface area contributed by atoms with E-state index in [-0.39, 0.29) is 0 Å². The Balaban J connectivity index is 2.03. The van der Waals surface area contributed by atoms with Crippen LogP contribution in [0.15, 0.2) is 42.7 Å². The molecular weight excluding hydrogens is 194 g/mol. The number of fused-ring (bicyclic) bond motifs is 1. The number of aryl methyl sites for hydroxylation is 1. The van der Waals surface area contributed by atoms with Crippen LogP contribution in [-0.4, -0.2) is 4.98 Å². The molecule has 1 heteroatoms. The second-order valence-electron chi connectivity index (χ2n) is 4.25. The van der Waals surface area contributed by atoms with Gasteiger partial charge in [-0.15, -0.1) is 0 Å². The zero-order valence-corrected chi connectivity index (χ0v) is 9.19. The molecule has 0 saturated heterocycles. The van der Waals surface area contributed by atoms with Gasteiger partial charge in [-0.1, -0.05) is 24.3 Å². The fraction of sp³-hybridized carbons (Fsp3) is 0.200. The first-order valence-corrected chi connectivity index (χ1v) is 5.80. The molecule has 16 heavy (non-hydrogen) atoms. The molecule has 2 aromatic rings. The van der Waals surface area contributed by atoms with Gasteiger partial charge in [0.2, 0.25) is 0 Å². The Labute approximate surface area is 96.2 Å². The highest BCUT2D eigenvalue weighted by Crippen LogP contribution is 2.27. The fourth-order valence-electron chi connectivity index (χ4n) is 2.28. The largest absolute Gasteiger partial charge is 0.264 e. The third-order valence-corrected chi connectivity index (χ3v) is 3.16. The van der Waals surface area contributed by atoms with Gasteiger partial charge in [-0.3, -0.25) is 4.98 Å². The van der Waals surface area contributed by atoms with Gasteiger partial charge in [0.25, 0.3) is 0 Å². The minimum atomic E-state index is 1.20. The molecule has 0 bridgehead atoms. The first-order chi connectivity index (χ1) is 7.93. The van der Waals surface area contributed by atoms with Gasteiger partial charge in [-0.05, 0) is 54.0 Å². The van der Waals surface area contributed by atoms with Crippen LogP contribution in [0.3, 0.4) is 0 Å². The number of benzene rings is 1. The minimum absolute atomic E-state index is 1.20. The van der Waals surface area contributed by atoms with Gasteiger partial charge in [0.05, 0.1) is 0 Å². The molecule has 0 saturated carbocycles. The highest BCUT2D eigenvalue weighted by Gasteiger charge is 2.10. The number of hydrogen-bond acceptors (Lipinski definition) is 1. The fourth-order valence-corrected chi connectivity index (χ4v) is 2.28. The monoisotopic (exact) mass is 208 g/mol. The topological polar surface area (TPSA) is 12.9 Å². The van der Waals surface area contributed by atoms with E-state index in [2.05, 4.69) is 35.7 Å². The summed E-state index contributed by atoms with van der Waals surface area (Å²) in [6.07, 6.45) is 9.80. The second-order valence-corrected chi connectivity index (χ2v) is 4.25. The van der Waals surface area contributed by atoms with Crippen LogP contribution >= 0.6 is 0 Å². The van der Waals surface area contributed by atoms with Crippen LogP contribution in [0, 0.1) is 6.42 Å². The van der Waals surface area contributed by atoms with Gasteiger partial charge in [-0.25, -0.2) is 0 Å². The molecule has 1 nitrogen and oxygen atoms in total. The molecule has 1 heterocycles. The highest BCUT2D eigenvalue weighted by molar-refractivity contribution is 5.64.